The molecule has 2 saturated carbocycles. The first-order valence-electron chi connectivity index (χ1n) is 13.2. The Hall–Kier alpha value is -3.83. The zero-order valence-electron chi connectivity index (χ0n) is 23.0. The molecule has 1 amide bonds. The van der Waals surface area contributed by atoms with Gasteiger partial charge in [-0.3, -0.25) is 28.8 Å². The van der Waals surface area contributed by atoms with Gasteiger partial charge in [-0.15, -0.1) is 0 Å². The molecule has 3 aliphatic rings. The Bertz CT molecular complexity index is 1550. The predicted octanol–water partition coefficient (Wildman–Crippen LogP) is 1.88. The number of primary amides is 1. The van der Waals surface area contributed by atoms with Crippen LogP contribution in [0.5, 0.6) is 5.75 Å². The molecule has 0 aromatic heterocycles. The maximum atomic E-state index is 14.0. The normalized spacial score (nSPS) is 29.0. The van der Waals surface area contributed by atoms with E-state index in [1.807, 2.05) is 19.1 Å². The van der Waals surface area contributed by atoms with Gasteiger partial charge in [0.2, 0.25) is 11.0 Å². The number of rotatable bonds is 4. The summed E-state index contributed by atoms with van der Waals surface area (Å²) in [6.45, 7) is 3.35. The molecule has 0 spiro atoms. The van der Waals surface area contributed by atoms with Gasteiger partial charge in [0.05, 0.1) is 17.0 Å². The molecule has 0 bridgehead atoms. The highest BCUT2D eigenvalue weighted by Crippen LogP contribution is 2.53. The monoisotopic (exact) mass is 578 g/mol. The number of Topliss-reactive ketones (excluding diaryl/α,β-unsaturated/α-hetero) is 4. The van der Waals surface area contributed by atoms with E-state index in [0.717, 1.165) is 17.3 Å². The summed E-state index contributed by atoms with van der Waals surface area (Å²) >= 11 is 0.877. The fraction of sp³-hybridized carbons (Fsp3) is 0.400. The summed E-state index contributed by atoms with van der Waals surface area (Å²) in [6.07, 6.45) is 0.110. The lowest BCUT2D eigenvalue weighted by Gasteiger charge is -2.51. The van der Waals surface area contributed by atoms with Crippen molar-refractivity contribution in [2.75, 3.05) is 19.0 Å². The number of carbonyl (C=O) groups excluding carboxylic acids is 6. The maximum Gasteiger partial charge on any atom is 0.235 e. The molecule has 2 aromatic rings. The summed E-state index contributed by atoms with van der Waals surface area (Å²) < 4.78 is 0. The summed E-state index contributed by atoms with van der Waals surface area (Å²) in [7, 11) is 3.44. The lowest BCUT2D eigenvalue weighted by atomic mass is 9.51. The number of thioether (sulfide) groups is 1. The molecule has 0 saturated heterocycles. The van der Waals surface area contributed by atoms with Gasteiger partial charge in [-0.2, -0.15) is 0 Å². The molecule has 0 aliphatic heterocycles. The third-order valence-electron chi connectivity index (χ3n) is 8.79. The summed E-state index contributed by atoms with van der Waals surface area (Å²) in [6, 6.07) is 8.72. The van der Waals surface area contributed by atoms with E-state index in [1.54, 1.807) is 31.1 Å². The number of aryl methyl sites for hydroxylation is 1. The van der Waals surface area contributed by atoms with Crippen LogP contribution in [0.15, 0.2) is 35.2 Å². The second-order valence-electron chi connectivity index (χ2n) is 11.4. The molecular formula is C30H30N2O8S. The predicted molar refractivity (Wildman–Crippen MR) is 149 cm³/mol. The van der Waals surface area contributed by atoms with E-state index >= 15 is 0 Å². The van der Waals surface area contributed by atoms with Crippen LogP contribution in [0.3, 0.4) is 0 Å². The fourth-order valence-electron chi connectivity index (χ4n) is 6.66. The highest BCUT2D eigenvalue weighted by molar-refractivity contribution is 8.14. The molecule has 6 atom stereocenters. The van der Waals surface area contributed by atoms with Gasteiger partial charge in [-0.05, 0) is 61.2 Å². The van der Waals surface area contributed by atoms with E-state index in [-0.39, 0.29) is 24.0 Å². The van der Waals surface area contributed by atoms with Gasteiger partial charge in [-0.25, -0.2) is 0 Å². The summed E-state index contributed by atoms with van der Waals surface area (Å²) in [5.74, 6) is -12.2. The molecule has 6 unspecified atom stereocenters. The van der Waals surface area contributed by atoms with Crippen LogP contribution in [0, 0.1) is 36.5 Å². The van der Waals surface area contributed by atoms with Crippen LogP contribution in [0.4, 0.5) is 5.69 Å². The number of anilines is 1. The minimum Gasteiger partial charge on any atom is -0.506 e. The van der Waals surface area contributed by atoms with Gasteiger partial charge in [-0.1, -0.05) is 24.6 Å². The first kappa shape index (κ1) is 28.7. The van der Waals surface area contributed by atoms with E-state index in [0.29, 0.717) is 16.1 Å². The van der Waals surface area contributed by atoms with Crippen LogP contribution in [0.1, 0.15) is 45.2 Å². The second kappa shape index (κ2) is 9.92. The number of hydrogen-bond donors (Lipinski definition) is 3. The molecule has 5 rings (SSSR count). The molecule has 0 radical (unpaired) electrons. The van der Waals surface area contributed by atoms with Crippen LogP contribution in [-0.4, -0.2) is 64.1 Å². The van der Waals surface area contributed by atoms with Crippen molar-refractivity contribution in [2.24, 2.45) is 35.3 Å². The Morgan fingerprint density at radius 1 is 1.07 bits per heavy atom. The number of hydrogen-bond acceptors (Lipinski definition) is 10. The average Bonchev–Trinajstić information content (AvgIpc) is 2.90. The second-order valence-corrected chi connectivity index (χ2v) is 12.5. The number of benzene rings is 2. The van der Waals surface area contributed by atoms with Crippen molar-refractivity contribution in [2.45, 2.75) is 37.2 Å². The van der Waals surface area contributed by atoms with E-state index in [9.17, 15) is 39.0 Å². The quantitative estimate of drug-likeness (QED) is 0.359. The molecule has 11 heteroatoms. The Kier molecular flexibility index (Phi) is 6.94. The minimum atomic E-state index is -2.75. The Balaban J connectivity index is 1.60. The van der Waals surface area contributed by atoms with Crippen molar-refractivity contribution >= 4 is 51.6 Å². The lowest BCUT2D eigenvalue weighted by molar-refractivity contribution is -0.180. The van der Waals surface area contributed by atoms with Crippen LogP contribution >= 0.6 is 11.8 Å². The Morgan fingerprint density at radius 3 is 2.29 bits per heavy atom. The maximum absolute atomic E-state index is 14.0. The minimum absolute atomic E-state index is 0.0141. The van der Waals surface area contributed by atoms with E-state index < -0.39 is 75.1 Å². The molecule has 10 nitrogen and oxygen atoms in total. The molecule has 0 heterocycles. The van der Waals surface area contributed by atoms with Gasteiger partial charge < -0.3 is 20.8 Å². The number of phenols is 1. The number of fused-ring (bicyclic) bond motifs is 3. The van der Waals surface area contributed by atoms with Crippen LogP contribution < -0.4 is 10.6 Å². The first-order chi connectivity index (χ1) is 19.2. The standard InChI is InChI=1S/C30H30N2O8S/c1-12-5-7-15(8-6-12)41-29(39)17-11-19(32(3)4)16-9-14-10-18-13(2)23(33)22(28(31)38)27(37)30(18,40)26(36)20(14)25(35)21(16)24(17)34/h5-8,11,13-14,18,20,22,34,40H,9-10H2,1-4H3,(H2,31,38). The van der Waals surface area contributed by atoms with Crippen molar-refractivity contribution in [1.82, 2.24) is 0 Å². The molecule has 214 valence electrons. The summed E-state index contributed by atoms with van der Waals surface area (Å²) in [5.41, 5.74) is 4.15. The molecular weight excluding hydrogens is 548 g/mol. The number of aliphatic hydroxyl groups is 1. The number of phenolic OH excluding ortho intramolecular Hbond substituents is 1. The Labute approximate surface area is 240 Å². The smallest absolute Gasteiger partial charge is 0.235 e. The Morgan fingerprint density at radius 2 is 1.71 bits per heavy atom. The zero-order chi connectivity index (χ0) is 30.1. The van der Waals surface area contributed by atoms with E-state index in [1.165, 1.54) is 13.0 Å². The van der Waals surface area contributed by atoms with Crippen molar-refractivity contribution in [3.8, 4) is 5.75 Å². The zero-order valence-corrected chi connectivity index (χ0v) is 23.8. The number of carbonyl (C=O) groups is 6. The topological polar surface area (TPSA) is 172 Å². The highest BCUT2D eigenvalue weighted by atomic mass is 32.2. The van der Waals surface area contributed by atoms with Crippen molar-refractivity contribution in [3.63, 3.8) is 0 Å². The van der Waals surface area contributed by atoms with Gasteiger partial charge in [0.1, 0.15) is 5.75 Å². The largest absolute Gasteiger partial charge is 0.506 e. The third-order valence-corrected chi connectivity index (χ3v) is 9.71. The molecule has 41 heavy (non-hydrogen) atoms. The van der Waals surface area contributed by atoms with Gasteiger partial charge in [0.25, 0.3) is 0 Å². The first-order valence-corrected chi connectivity index (χ1v) is 14.0. The SMILES string of the molecule is Cc1ccc(SC(=O)c2cc(N(C)C)c3c(c2O)C(=O)C2C(=O)C4(O)C(=O)C(C(N)=O)C(=O)C(C)C4CC2C3)cc1. The van der Waals surface area contributed by atoms with E-state index in [4.69, 9.17) is 5.73 Å². The summed E-state index contributed by atoms with van der Waals surface area (Å²) in [4.78, 5) is 81.6. The van der Waals surface area contributed by atoms with Gasteiger partial charge in [0, 0.05) is 36.5 Å². The molecule has 2 fully saturated rings. The van der Waals surface area contributed by atoms with Crippen LogP contribution in [-0.2, 0) is 25.6 Å². The number of nitrogens with two attached hydrogens (primary N) is 1. The number of aromatic hydroxyl groups is 1. The number of amides is 1. The van der Waals surface area contributed by atoms with Gasteiger partial charge in [0.15, 0.2) is 34.7 Å². The van der Waals surface area contributed by atoms with Gasteiger partial charge >= 0.3 is 0 Å². The molecule has 4 N–H and O–H groups in total. The summed E-state index contributed by atoms with van der Waals surface area (Å²) in [5, 5.41) is 22.3. The van der Waals surface area contributed by atoms with Crippen molar-refractivity contribution in [3.05, 3.63) is 52.6 Å². The lowest BCUT2D eigenvalue weighted by Crippen LogP contribution is -2.70. The third kappa shape index (κ3) is 4.21. The van der Waals surface area contributed by atoms with Crippen LogP contribution in [0.2, 0.25) is 0 Å². The number of ketones is 4. The van der Waals surface area contributed by atoms with Crippen molar-refractivity contribution in [1.29, 1.82) is 0 Å². The average molecular weight is 579 g/mol. The highest BCUT2D eigenvalue weighted by Gasteiger charge is 2.68. The van der Waals surface area contributed by atoms with E-state index in [2.05, 4.69) is 0 Å². The fourth-order valence-corrected chi connectivity index (χ4v) is 7.41. The molecule has 3 aliphatic carbocycles. The van der Waals surface area contributed by atoms with Crippen LogP contribution in [0.25, 0.3) is 0 Å². The number of nitrogens with zero attached hydrogens (tertiary/aromatic N) is 1. The van der Waals surface area contributed by atoms with Crippen molar-refractivity contribution < 1.29 is 39.0 Å². The molecule has 2 aromatic carbocycles.